The molecule has 0 saturated carbocycles. The van der Waals surface area contributed by atoms with Gasteiger partial charge in [-0.15, -0.1) is 22.9 Å². The van der Waals surface area contributed by atoms with Crippen LogP contribution in [0.25, 0.3) is 0 Å². The molecule has 1 N–H and O–H groups in total. The normalized spacial score (nSPS) is 10.8. The molecule has 0 bridgehead atoms. The lowest BCUT2D eigenvalue weighted by Gasteiger charge is -2.01. The van der Waals surface area contributed by atoms with Crippen LogP contribution >= 0.6 is 22.9 Å². The van der Waals surface area contributed by atoms with Crippen LogP contribution in [0.2, 0.25) is 0 Å². The second-order valence-electron chi connectivity index (χ2n) is 3.36. The first kappa shape index (κ1) is 13.3. The summed E-state index contributed by atoms with van der Waals surface area (Å²) in [5, 5.41) is 4.88. The van der Waals surface area contributed by atoms with Crippen molar-refractivity contribution in [2.45, 2.75) is 19.3 Å². The largest absolute Gasteiger partial charge is 0.353 e. The summed E-state index contributed by atoms with van der Waals surface area (Å²) in [7, 11) is 0. The van der Waals surface area contributed by atoms with E-state index in [0.29, 0.717) is 18.8 Å². The lowest BCUT2D eigenvalue weighted by atomic mass is 10.2. The Kier molecular flexibility index (Phi) is 6.93. The molecule has 0 unspecified atom stereocenters. The van der Waals surface area contributed by atoms with E-state index in [0.717, 1.165) is 12.8 Å². The SMILES string of the molecule is O=C(CCCc1cccs1)NC/C=C/CCl. The Morgan fingerprint density at radius 3 is 3.06 bits per heavy atom. The Balaban J connectivity index is 2.04. The topological polar surface area (TPSA) is 29.1 Å². The number of alkyl halides is 1. The minimum absolute atomic E-state index is 0.107. The zero-order valence-corrected chi connectivity index (χ0v) is 10.7. The van der Waals surface area contributed by atoms with Gasteiger partial charge in [0.1, 0.15) is 0 Å². The van der Waals surface area contributed by atoms with Gasteiger partial charge in [-0.25, -0.2) is 0 Å². The number of nitrogens with one attached hydrogen (secondary N) is 1. The molecule has 0 radical (unpaired) electrons. The smallest absolute Gasteiger partial charge is 0.220 e. The molecule has 16 heavy (non-hydrogen) atoms. The van der Waals surface area contributed by atoms with Crippen LogP contribution in [0.15, 0.2) is 29.7 Å². The molecule has 1 aromatic rings. The fourth-order valence-electron chi connectivity index (χ4n) is 1.29. The number of rotatable bonds is 7. The maximum absolute atomic E-state index is 11.4. The molecule has 1 aromatic heterocycles. The summed E-state index contributed by atoms with van der Waals surface area (Å²) in [6, 6.07) is 4.14. The van der Waals surface area contributed by atoms with E-state index in [2.05, 4.69) is 16.8 Å². The molecular weight excluding hydrogens is 242 g/mol. The third-order valence-electron chi connectivity index (χ3n) is 2.08. The molecule has 0 aliphatic rings. The summed E-state index contributed by atoms with van der Waals surface area (Å²) in [5.41, 5.74) is 0. The molecule has 0 fully saturated rings. The van der Waals surface area contributed by atoms with E-state index < -0.39 is 0 Å². The van der Waals surface area contributed by atoms with Crippen molar-refractivity contribution in [1.82, 2.24) is 5.32 Å². The minimum atomic E-state index is 0.107. The fourth-order valence-corrected chi connectivity index (χ4v) is 2.16. The number of amides is 1. The van der Waals surface area contributed by atoms with Crippen molar-refractivity contribution in [2.75, 3.05) is 12.4 Å². The number of halogens is 1. The highest BCUT2D eigenvalue weighted by Crippen LogP contribution is 2.11. The van der Waals surface area contributed by atoms with Crippen molar-refractivity contribution in [1.29, 1.82) is 0 Å². The molecule has 2 nitrogen and oxygen atoms in total. The van der Waals surface area contributed by atoms with Gasteiger partial charge in [-0.05, 0) is 24.3 Å². The minimum Gasteiger partial charge on any atom is -0.353 e. The van der Waals surface area contributed by atoms with E-state index in [9.17, 15) is 4.79 Å². The first-order valence-electron chi connectivity index (χ1n) is 5.33. The number of carbonyl (C=O) groups excluding carboxylic acids is 1. The standard InChI is InChI=1S/C12H16ClNOS/c13-8-1-2-9-14-12(15)7-3-5-11-6-4-10-16-11/h1-2,4,6,10H,3,5,7-9H2,(H,14,15)/b2-1+. The quantitative estimate of drug-likeness (QED) is 0.591. The van der Waals surface area contributed by atoms with Crippen LogP contribution in [-0.4, -0.2) is 18.3 Å². The maximum atomic E-state index is 11.4. The predicted octanol–water partition coefficient (Wildman–Crippen LogP) is 2.98. The van der Waals surface area contributed by atoms with Crippen molar-refractivity contribution in [3.63, 3.8) is 0 Å². The molecule has 0 spiro atoms. The Labute approximate surface area is 105 Å². The van der Waals surface area contributed by atoms with Gasteiger partial charge in [0.05, 0.1) is 0 Å². The Hall–Kier alpha value is -0.800. The number of allylic oxidation sites excluding steroid dienone is 1. The maximum Gasteiger partial charge on any atom is 0.220 e. The Bertz CT molecular complexity index is 322. The van der Waals surface area contributed by atoms with Gasteiger partial charge < -0.3 is 5.32 Å². The molecule has 0 aliphatic heterocycles. The van der Waals surface area contributed by atoms with E-state index in [1.807, 2.05) is 18.2 Å². The zero-order valence-electron chi connectivity index (χ0n) is 9.12. The van der Waals surface area contributed by atoms with Crippen molar-refractivity contribution < 1.29 is 4.79 Å². The van der Waals surface area contributed by atoms with Crippen LogP contribution in [0, 0.1) is 0 Å². The molecule has 0 saturated heterocycles. The van der Waals surface area contributed by atoms with Gasteiger partial charge >= 0.3 is 0 Å². The van der Waals surface area contributed by atoms with Gasteiger partial charge in [0.25, 0.3) is 0 Å². The summed E-state index contributed by atoms with van der Waals surface area (Å²) in [4.78, 5) is 12.7. The molecule has 0 aliphatic carbocycles. The molecule has 1 heterocycles. The summed E-state index contributed by atoms with van der Waals surface area (Å²) < 4.78 is 0. The summed E-state index contributed by atoms with van der Waals surface area (Å²) >= 11 is 7.20. The number of hydrogen-bond donors (Lipinski definition) is 1. The van der Waals surface area contributed by atoms with E-state index in [1.54, 1.807) is 11.3 Å². The van der Waals surface area contributed by atoms with E-state index in [1.165, 1.54) is 4.88 Å². The number of aryl methyl sites for hydroxylation is 1. The monoisotopic (exact) mass is 257 g/mol. The third-order valence-corrected chi connectivity index (χ3v) is 3.19. The average Bonchev–Trinajstić information content (AvgIpc) is 2.77. The van der Waals surface area contributed by atoms with Crippen LogP contribution in [0.5, 0.6) is 0 Å². The lowest BCUT2D eigenvalue weighted by Crippen LogP contribution is -2.22. The van der Waals surface area contributed by atoms with Crippen LogP contribution in [0.4, 0.5) is 0 Å². The average molecular weight is 258 g/mol. The van der Waals surface area contributed by atoms with E-state index >= 15 is 0 Å². The van der Waals surface area contributed by atoms with E-state index in [4.69, 9.17) is 11.6 Å². The van der Waals surface area contributed by atoms with Gasteiger partial charge in [-0.2, -0.15) is 0 Å². The second-order valence-corrected chi connectivity index (χ2v) is 4.70. The molecule has 1 rings (SSSR count). The molecule has 0 aromatic carbocycles. The van der Waals surface area contributed by atoms with E-state index in [-0.39, 0.29) is 5.91 Å². The van der Waals surface area contributed by atoms with Gasteiger partial charge in [-0.1, -0.05) is 18.2 Å². The summed E-state index contributed by atoms with van der Waals surface area (Å²) in [5.74, 6) is 0.601. The number of carbonyl (C=O) groups is 1. The fraction of sp³-hybridized carbons (Fsp3) is 0.417. The number of hydrogen-bond acceptors (Lipinski definition) is 2. The highest BCUT2D eigenvalue weighted by molar-refractivity contribution is 7.09. The summed E-state index contributed by atoms with van der Waals surface area (Å²) in [6.45, 7) is 0.574. The van der Waals surface area contributed by atoms with Crippen molar-refractivity contribution in [3.8, 4) is 0 Å². The van der Waals surface area contributed by atoms with Gasteiger partial charge in [0, 0.05) is 23.7 Å². The van der Waals surface area contributed by atoms with Gasteiger partial charge in [-0.3, -0.25) is 4.79 Å². The first-order chi connectivity index (χ1) is 7.83. The first-order valence-corrected chi connectivity index (χ1v) is 6.74. The molecule has 0 atom stereocenters. The van der Waals surface area contributed by atoms with Crippen molar-refractivity contribution in [3.05, 3.63) is 34.5 Å². The molecule has 88 valence electrons. The Morgan fingerprint density at radius 2 is 2.38 bits per heavy atom. The van der Waals surface area contributed by atoms with Crippen LogP contribution < -0.4 is 5.32 Å². The van der Waals surface area contributed by atoms with Crippen molar-refractivity contribution >= 4 is 28.8 Å². The highest BCUT2D eigenvalue weighted by Gasteiger charge is 2.00. The third kappa shape index (κ3) is 5.93. The molecule has 1 amide bonds. The highest BCUT2D eigenvalue weighted by atomic mass is 35.5. The molecule has 4 heteroatoms. The second kappa shape index (κ2) is 8.36. The van der Waals surface area contributed by atoms with Gasteiger partial charge in [0.2, 0.25) is 5.91 Å². The van der Waals surface area contributed by atoms with Crippen molar-refractivity contribution in [2.24, 2.45) is 0 Å². The number of thiophene rings is 1. The molecular formula is C12H16ClNOS. The van der Waals surface area contributed by atoms with Crippen LogP contribution in [0.3, 0.4) is 0 Å². The van der Waals surface area contributed by atoms with Crippen LogP contribution in [-0.2, 0) is 11.2 Å². The lowest BCUT2D eigenvalue weighted by molar-refractivity contribution is -0.120. The summed E-state index contributed by atoms with van der Waals surface area (Å²) in [6.07, 6.45) is 6.18. The van der Waals surface area contributed by atoms with Crippen LogP contribution in [0.1, 0.15) is 17.7 Å². The van der Waals surface area contributed by atoms with Gasteiger partial charge in [0.15, 0.2) is 0 Å². The zero-order chi connectivity index (χ0) is 11.6. The Morgan fingerprint density at radius 1 is 1.50 bits per heavy atom. The predicted molar refractivity (Wildman–Crippen MR) is 70.1 cm³/mol.